The Morgan fingerprint density at radius 3 is 2.72 bits per heavy atom. The molecule has 0 bridgehead atoms. The molecule has 2 unspecified atom stereocenters. The average Bonchev–Trinajstić information content (AvgIpc) is 2.86. The summed E-state index contributed by atoms with van der Waals surface area (Å²) >= 11 is 0. The van der Waals surface area contributed by atoms with E-state index >= 15 is 0 Å². The maximum absolute atomic E-state index is 12.7. The van der Waals surface area contributed by atoms with Gasteiger partial charge in [0.1, 0.15) is 5.82 Å². The lowest BCUT2D eigenvalue weighted by molar-refractivity contribution is -0.126. The van der Waals surface area contributed by atoms with E-state index in [9.17, 15) is 9.18 Å². The van der Waals surface area contributed by atoms with Gasteiger partial charge in [-0.2, -0.15) is 0 Å². The number of rotatable bonds is 4. The first-order valence-electron chi connectivity index (χ1n) is 6.43. The molecule has 2 rings (SSSR count). The number of halogens is 1. The first-order chi connectivity index (χ1) is 8.70. The van der Waals surface area contributed by atoms with Crippen molar-refractivity contribution in [1.29, 1.82) is 0 Å². The summed E-state index contributed by atoms with van der Waals surface area (Å²) in [5.41, 5.74) is 6.57. The van der Waals surface area contributed by atoms with Crippen molar-refractivity contribution in [3.05, 3.63) is 35.6 Å². The Morgan fingerprint density at radius 1 is 1.33 bits per heavy atom. The molecule has 0 saturated heterocycles. The molecule has 1 aromatic carbocycles. The molecule has 98 valence electrons. The van der Waals surface area contributed by atoms with Crippen molar-refractivity contribution in [3.63, 3.8) is 0 Å². The monoisotopic (exact) mass is 250 g/mol. The Labute approximate surface area is 107 Å². The molecule has 1 fully saturated rings. The van der Waals surface area contributed by atoms with Gasteiger partial charge >= 0.3 is 0 Å². The molecule has 1 aromatic rings. The number of nitrogens with two attached hydrogens (primary N) is 1. The quantitative estimate of drug-likeness (QED) is 0.856. The van der Waals surface area contributed by atoms with E-state index < -0.39 is 0 Å². The van der Waals surface area contributed by atoms with Crippen LogP contribution < -0.4 is 11.1 Å². The third-order valence-electron chi connectivity index (χ3n) is 3.68. The number of amides is 1. The molecule has 3 N–H and O–H groups in total. The number of benzene rings is 1. The summed E-state index contributed by atoms with van der Waals surface area (Å²) in [6.45, 7) is 1.03. The number of carbonyl (C=O) groups is 1. The fourth-order valence-electron chi connectivity index (χ4n) is 2.59. The summed E-state index contributed by atoms with van der Waals surface area (Å²) in [6.07, 6.45) is 3.05. The Morgan fingerprint density at radius 2 is 2.06 bits per heavy atom. The van der Waals surface area contributed by atoms with Crippen LogP contribution >= 0.6 is 0 Å². The van der Waals surface area contributed by atoms with Crippen molar-refractivity contribution in [2.24, 2.45) is 17.6 Å². The van der Waals surface area contributed by atoms with Gasteiger partial charge in [0.25, 0.3) is 0 Å². The van der Waals surface area contributed by atoms with E-state index in [1.54, 1.807) is 12.1 Å². The number of nitrogens with one attached hydrogen (secondary N) is 1. The third-order valence-corrected chi connectivity index (χ3v) is 3.68. The zero-order chi connectivity index (χ0) is 13.0. The zero-order valence-corrected chi connectivity index (χ0v) is 10.4. The minimum atomic E-state index is -0.260. The average molecular weight is 250 g/mol. The second-order valence-electron chi connectivity index (χ2n) is 4.88. The van der Waals surface area contributed by atoms with Crippen LogP contribution in [-0.2, 0) is 11.3 Å². The van der Waals surface area contributed by atoms with Crippen molar-refractivity contribution in [2.75, 3.05) is 6.54 Å². The smallest absolute Gasteiger partial charge is 0.223 e. The van der Waals surface area contributed by atoms with Gasteiger partial charge in [0.15, 0.2) is 0 Å². The molecule has 18 heavy (non-hydrogen) atoms. The van der Waals surface area contributed by atoms with Gasteiger partial charge in [-0.1, -0.05) is 18.6 Å². The number of carbonyl (C=O) groups excluding carboxylic acids is 1. The molecule has 0 aromatic heterocycles. The molecule has 0 aliphatic heterocycles. The lowest BCUT2D eigenvalue weighted by atomic mass is 9.95. The Kier molecular flexibility index (Phi) is 4.31. The fraction of sp³-hybridized carbons (Fsp3) is 0.500. The third kappa shape index (κ3) is 3.07. The molecular formula is C14H19FN2O. The Hall–Kier alpha value is -1.42. The Balaban J connectivity index is 1.86. The van der Waals surface area contributed by atoms with Gasteiger partial charge in [0.05, 0.1) is 0 Å². The molecule has 1 aliphatic carbocycles. The molecule has 3 nitrogen and oxygen atoms in total. The first kappa shape index (κ1) is 13.0. The SMILES string of the molecule is NCC1CCCC1C(=O)NCc1ccc(F)cc1. The van der Waals surface area contributed by atoms with E-state index in [4.69, 9.17) is 5.73 Å². The van der Waals surface area contributed by atoms with Crippen LogP contribution in [0.1, 0.15) is 24.8 Å². The lowest BCUT2D eigenvalue weighted by Gasteiger charge is -2.17. The van der Waals surface area contributed by atoms with E-state index in [0.29, 0.717) is 19.0 Å². The molecular weight excluding hydrogens is 231 g/mol. The second kappa shape index (κ2) is 5.96. The maximum atomic E-state index is 12.7. The molecule has 4 heteroatoms. The van der Waals surface area contributed by atoms with Crippen molar-refractivity contribution < 1.29 is 9.18 Å². The van der Waals surface area contributed by atoms with E-state index in [1.807, 2.05) is 0 Å². The van der Waals surface area contributed by atoms with Gasteiger partial charge < -0.3 is 11.1 Å². The highest BCUT2D eigenvalue weighted by molar-refractivity contribution is 5.79. The number of hydrogen-bond donors (Lipinski definition) is 2. The van der Waals surface area contributed by atoms with Gasteiger partial charge in [0.2, 0.25) is 5.91 Å². The predicted octanol–water partition coefficient (Wildman–Crippen LogP) is 1.82. The zero-order valence-electron chi connectivity index (χ0n) is 10.4. The maximum Gasteiger partial charge on any atom is 0.223 e. The van der Waals surface area contributed by atoms with Crippen molar-refractivity contribution in [1.82, 2.24) is 5.32 Å². The van der Waals surface area contributed by atoms with Crippen LogP contribution in [0.15, 0.2) is 24.3 Å². The van der Waals surface area contributed by atoms with Crippen molar-refractivity contribution >= 4 is 5.91 Å². The van der Waals surface area contributed by atoms with Gasteiger partial charge in [-0.05, 0) is 43.0 Å². The summed E-state index contributed by atoms with van der Waals surface area (Å²) in [5, 5.41) is 2.91. The van der Waals surface area contributed by atoms with Crippen LogP contribution in [0.25, 0.3) is 0 Å². The minimum absolute atomic E-state index is 0.0513. The van der Waals surface area contributed by atoms with Crippen molar-refractivity contribution in [3.8, 4) is 0 Å². The molecule has 0 spiro atoms. The molecule has 1 amide bonds. The van der Waals surface area contributed by atoms with E-state index in [1.165, 1.54) is 12.1 Å². The fourth-order valence-corrected chi connectivity index (χ4v) is 2.59. The Bertz CT molecular complexity index is 405. The van der Waals surface area contributed by atoms with Crippen LogP contribution in [0.2, 0.25) is 0 Å². The molecule has 0 radical (unpaired) electrons. The van der Waals surface area contributed by atoms with Crippen LogP contribution in [-0.4, -0.2) is 12.5 Å². The summed E-state index contributed by atoms with van der Waals surface area (Å²) < 4.78 is 12.7. The van der Waals surface area contributed by atoms with Crippen LogP contribution in [0, 0.1) is 17.7 Å². The molecule has 0 heterocycles. The van der Waals surface area contributed by atoms with Crippen LogP contribution in [0.5, 0.6) is 0 Å². The highest BCUT2D eigenvalue weighted by atomic mass is 19.1. The largest absolute Gasteiger partial charge is 0.352 e. The normalized spacial score (nSPS) is 23.0. The number of hydrogen-bond acceptors (Lipinski definition) is 2. The van der Waals surface area contributed by atoms with Crippen LogP contribution in [0.3, 0.4) is 0 Å². The highest BCUT2D eigenvalue weighted by Gasteiger charge is 2.31. The summed E-state index contributed by atoms with van der Waals surface area (Å²) in [5.74, 6) is 0.185. The molecule has 1 saturated carbocycles. The topological polar surface area (TPSA) is 55.1 Å². The lowest BCUT2D eigenvalue weighted by Crippen LogP contribution is -2.34. The summed E-state index contributed by atoms with van der Waals surface area (Å²) in [6, 6.07) is 6.18. The van der Waals surface area contributed by atoms with E-state index in [0.717, 1.165) is 24.8 Å². The molecule has 2 atom stereocenters. The van der Waals surface area contributed by atoms with Crippen LogP contribution in [0.4, 0.5) is 4.39 Å². The van der Waals surface area contributed by atoms with Gasteiger partial charge in [-0.3, -0.25) is 4.79 Å². The summed E-state index contributed by atoms with van der Waals surface area (Å²) in [4.78, 5) is 12.0. The van der Waals surface area contributed by atoms with Gasteiger partial charge in [-0.25, -0.2) is 4.39 Å². The molecule has 1 aliphatic rings. The minimum Gasteiger partial charge on any atom is -0.352 e. The standard InChI is InChI=1S/C14H19FN2O/c15-12-6-4-10(5-7-12)9-17-14(18)13-3-1-2-11(13)8-16/h4-7,11,13H,1-3,8-9,16H2,(H,17,18). The van der Waals surface area contributed by atoms with E-state index in [2.05, 4.69) is 5.32 Å². The second-order valence-corrected chi connectivity index (χ2v) is 4.88. The summed E-state index contributed by atoms with van der Waals surface area (Å²) in [7, 11) is 0. The first-order valence-corrected chi connectivity index (χ1v) is 6.43. The highest BCUT2D eigenvalue weighted by Crippen LogP contribution is 2.30. The van der Waals surface area contributed by atoms with Gasteiger partial charge in [0, 0.05) is 12.5 Å². The predicted molar refractivity (Wildman–Crippen MR) is 68.1 cm³/mol. The van der Waals surface area contributed by atoms with Gasteiger partial charge in [-0.15, -0.1) is 0 Å². The van der Waals surface area contributed by atoms with E-state index in [-0.39, 0.29) is 17.6 Å². The van der Waals surface area contributed by atoms with Crippen molar-refractivity contribution in [2.45, 2.75) is 25.8 Å².